The molecule has 3 nitrogen and oxygen atoms in total. The number of likely N-dealkylation sites (N-methyl/N-ethyl adjacent to an activating group) is 1. The van der Waals surface area contributed by atoms with Crippen LogP contribution < -0.4 is 11.1 Å². The second kappa shape index (κ2) is 6.81. The zero-order valence-electron chi connectivity index (χ0n) is 11.3. The first-order valence-electron chi connectivity index (χ1n) is 6.16. The van der Waals surface area contributed by atoms with E-state index in [2.05, 4.69) is 36.5 Å². The SMILES string of the molecule is CCNC(C)(CSCc1cccc(C)c1)C(N)=O. The molecule has 0 spiro atoms. The summed E-state index contributed by atoms with van der Waals surface area (Å²) in [5.41, 5.74) is 7.37. The molecule has 0 heterocycles. The van der Waals surface area contributed by atoms with Crippen LogP contribution in [0.1, 0.15) is 25.0 Å². The monoisotopic (exact) mass is 266 g/mol. The Morgan fingerprint density at radius 1 is 1.50 bits per heavy atom. The van der Waals surface area contributed by atoms with Gasteiger partial charge in [-0.15, -0.1) is 0 Å². The van der Waals surface area contributed by atoms with Crippen LogP contribution in [0.4, 0.5) is 0 Å². The first kappa shape index (κ1) is 15.1. The van der Waals surface area contributed by atoms with Gasteiger partial charge in [0.2, 0.25) is 5.91 Å². The van der Waals surface area contributed by atoms with E-state index >= 15 is 0 Å². The minimum Gasteiger partial charge on any atom is -0.368 e. The second-order valence-corrected chi connectivity index (χ2v) is 5.69. The molecule has 0 aliphatic rings. The molecule has 1 aromatic rings. The third kappa shape index (κ3) is 4.35. The van der Waals surface area contributed by atoms with Gasteiger partial charge in [0.1, 0.15) is 5.54 Å². The lowest BCUT2D eigenvalue weighted by Gasteiger charge is -2.26. The highest BCUT2D eigenvalue weighted by molar-refractivity contribution is 7.98. The maximum Gasteiger partial charge on any atom is 0.238 e. The van der Waals surface area contributed by atoms with Crippen molar-refractivity contribution < 1.29 is 4.79 Å². The van der Waals surface area contributed by atoms with Gasteiger partial charge in [0.15, 0.2) is 0 Å². The van der Waals surface area contributed by atoms with Crippen molar-refractivity contribution in [3.8, 4) is 0 Å². The van der Waals surface area contributed by atoms with Crippen LogP contribution in [-0.2, 0) is 10.5 Å². The van der Waals surface area contributed by atoms with Gasteiger partial charge in [-0.05, 0) is 26.0 Å². The van der Waals surface area contributed by atoms with E-state index in [0.717, 1.165) is 12.3 Å². The van der Waals surface area contributed by atoms with Gasteiger partial charge in [0.05, 0.1) is 0 Å². The molecule has 0 aliphatic heterocycles. The minimum atomic E-state index is -0.622. The Balaban J connectivity index is 2.51. The Morgan fingerprint density at radius 3 is 2.78 bits per heavy atom. The molecule has 0 bridgehead atoms. The third-order valence-corrected chi connectivity index (χ3v) is 4.17. The van der Waals surface area contributed by atoms with Crippen LogP contribution in [0, 0.1) is 6.92 Å². The molecule has 0 saturated heterocycles. The van der Waals surface area contributed by atoms with Gasteiger partial charge in [-0.2, -0.15) is 11.8 Å². The fourth-order valence-electron chi connectivity index (χ4n) is 1.77. The molecular formula is C14H22N2OS. The molecule has 1 amide bonds. The molecule has 0 aromatic heterocycles. The highest BCUT2D eigenvalue weighted by Gasteiger charge is 2.29. The number of amides is 1. The van der Waals surface area contributed by atoms with Gasteiger partial charge in [0, 0.05) is 11.5 Å². The van der Waals surface area contributed by atoms with Crippen molar-refractivity contribution in [1.29, 1.82) is 0 Å². The predicted octanol–water partition coefficient (Wildman–Crippen LogP) is 2.08. The van der Waals surface area contributed by atoms with E-state index in [0.29, 0.717) is 5.75 Å². The number of nitrogens with two attached hydrogens (primary N) is 1. The summed E-state index contributed by atoms with van der Waals surface area (Å²) in [5.74, 6) is 1.29. The van der Waals surface area contributed by atoms with Gasteiger partial charge in [-0.1, -0.05) is 36.8 Å². The molecule has 1 aromatic carbocycles. The Hall–Kier alpha value is -1.00. The number of carbonyl (C=O) groups is 1. The van der Waals surface area contributed by atoms with Gasteiger partial charge in [-0.3, -0.25) is 4.79 Å². The molecule has 4 heteroatoms. The molecule has 0 fully saturated rings. The summed E-state index contributed by atoms with van der Waals surface area (Å²) in [7, 11) is 0. The van der Waals surface area contributed by atoms with Crippen molar-refractivity contribution in [3.63, 3.8) is 0 Å². The number of hydrogen-bond donors (Lipinski definition) is 2. The Morgan fingerprint density at radius 2 is 2.22 bits per heavy atom. The van der Waals surface area contributed by atoms with Crippen LogP contribution in [0.25, 0.3) is 0 Å². The van der Waals surface area contributed by atoms with E-state index in [9.17, 15) is 4.79 Å². The van der Waals surface area contributed by atoms with Crippen molar-refractivity contribution in [2.45, 2.75) is 32.1 Å². The highest BCUT2D eigenvalue weighted by Crippen LogP contribution is 2.18. The molecule has 100 valence electrons. The average molecular weight is 266 g/mol. The van der Waals surface area contributed by atoms with Gasteiger partial charge in [0.25, 0.3) is 0 Å². The molecule has 1 unspecified atom stereocenters. The number of aryl methyl sites for hydroxylation is 1. The van der Waals surface area contributed by atoms with Crippen LogP contribution >= 0.6 is 11.8 Å². The average Bonchev–Trinajstić information content (AvgIpc) is 2.29. The first-order chi connectivity index (χ1) is 8.48. The lowest BCUT2D eigenvalue weighted by molar-refractivity contribution is -0.122. The summed E-state index contributed by atoms with van der Waals surface area (Å²) in [6, 6.07) is 8.42. The molecule has 0 saturated carbocycles. The second-order valence-electron chi connectivity index (χ2n) is 4.71. The summed E-state index contributed by atoms with van der Waals surface area (Å²) >= 11 is 1.73. The number of thioether (sulfide) groups is 1. The number of carbonyl (C=O) groups excluding carboxylic acids is 1. The first-order valence-corrected chi connectivity index (χ1v) is 7.31. The van der Waals surface area contributed by atoms with Gasteiger partial charge < -0.3 is 11.1 Å². The number of hydrogen-bond acceptors (Lipinski definition) is 3. The van der Waals surface area contributed by atoms with Gasteiger partial charge in [-0.25, -0.2) is 0 Å². The van der Waals surface area contributed by atoms with E-state index in [1.807, 2.05) is 13.8 Å². The summed E-state index contributed by atoms with van der Waals surface area (Å²) in [6.07, 6.45) is 0. The predicted molar refractivity (Wildman–Crippen MR) is 78.6 cm³/mol. The quantitative estimate of drug-likeness (QED) is 0.794. The van der Waals surface area contributed by atoms with E-state index in [1.54, 1.807) is 11.8 Å². The van der Waals surface area contributed by atoms with Crippen molar-refractivity contribution in [2.75, 3.05) is 12.3 Å². The largest absolute Gasteiger partial charge is 0.368 e. The van der Waals surface area contributed by atoms with Crippen molar-refractivity contribution in [1.82, 2.24) is 5.32 Å². The molecule has 0 aliphatic carbocycles. The van der Waals surface area contributed by atoms with E-state index in [1.165, 1.54) is 11.1 Å². The van der Waals surface area contributed by atoms with E-state index in [4.69, 9.17) is 5.73 Å². The van der Waals surface area contributed by atoms with Crippen molar-refractivity contribution in [3.05, 3.63) is 35.4 Å². The normalized spacial score (nSPS) is 14.2. The Bertz CT molecular complexity index is 409. The standard InChI is InChI=1S/C14H22N2OS/c1-4-16-14(3,13(15)17)10-18-9-12-7-5-6-11(2)8-12/h5-8,16H,4,9-10H2,1-3H3,(H2,15,17). The summed E-state index contributed by atoms with van der Waals surface area (Å²) in [4.78, 5) is 11.5. The molecule has 1 rings (SSSR count). The maximum absolute atomic E-state index is 11.5. The lowest BCUT2D eigenvalue weighted by atomic mass is 10.1. The van der Waals surface area contributed by atoms with Crippen LogP contribution in [0.2, 0.25) is 0 Å². The van der Waals surface area contributed by atoms with Crippen LogP contribution in [0.3, 0.4) is 0 Å². The number of primary amides is 1. The highest BCUT2D eigenvalue weighted by atomic mass is 32.2. The number of nitrogens with one attached hydrogen (secondary N) is 1. The molecule has 0 radical (unpaired) electrons. The molecular weight excluding hydrogens is 244 g/mol. The maximum atomic E-state index is 11.5. The fraction of sp³-hybridized carbons (Fsp3) is 0.500. The van der Waals surface area contributed by atoms with Gasteiger partial charge >= 0.3 is 0 Å². The number of rotatable bonds is 7. The Labute approximate surface area is 114 Å². The van der Waals surface area contributed by atoms with Crippen LogP contribution in [-0.4, -0.2) is 23.7 Å². The summed E-state index contributed by atoms with van der Waals surface area (Å²) in [6.45, 7) is 6.67. The summed E-state index contributed by atoms with van der Waals surface area (Å²) in [5, 5.41) is 3.16. The zero-order valence-corrected chi connectivity index (χ0v) is 12.1. The van der Waals surface area contributed by atoms with E-state index < -0.39 is 5.54 Å². The number of benzene rings is 1. The third-order valence-electron chi connectivity index (χ3n) is 2.85. The molecule has 3 N–H and O–H groups in total. The lowest BCUT2D eigenvalue weighted by Crippen LogP contribution is -2.55. The van der Waals surface area contributed by atoms with Crippen molar-refractivity contribution in [2.24, 2.45) is 5.73 Å². The zero-order chi connectivity index (χ0) is 13.6. The fourth-order valence-corrected chi connectivity index (χ4v) is 2.94. The van der Waals surface area contributed by atoms with Crippen LogP contribution in [0.15, 0.2) is 24.3 Å². The Kier molecular flexibility index (Phi) is 5.69. The van der Waals surface area contributed by atoms with Crippen LogP contribution in [0.5, 0.6) is 0 Å². The summed E-state index contributed by atoms with van der Waals surface area (Å²) < 4.78 is 0. The molecule has 18 heavy (non-hydrogen) atoms. The van der Waals surface area contributed by atoms with Crippen molar-refractivity contribution >= 4 is 17.7 Å². The topological polar surface area (TPSA) is 55.1 Å². The minimum absolute atomic E-state index is 0.291. The molecule has 1 atom stereocenters. The smallest absolute Gasteiger partial charge is 0.238 e. The van der Waals surface area contributed by atoms with E-state index in [-0.39, 0.29) is 5.91 Å².